The van der Waals surface area contributed by atoms with Gasteiger partial charge in [0.2, 0.25) is 0 Å². The van der Waals surface area contributed by atoms with Gasteiger partial charge in [0, 0.05) is 45.0 Å². The van der Waals surface area contributed by atoms with Crippen molar-refractivity contribution in [1.29, 1.82) is 0 Å². The summed E-state index contributed by atoms with van der Waals surface area (Å²) in [6, 6.07) is 17.2. The van der Waals surface area contributed by atoms with Crippen LogP contribution in [0.25, 0.3) is 0 Å². The number of carbonyl (C=O) groups excluding carboxylic acids is 1. The highest BCUT2D eigenvalue weighted by atomic mass is 32.1. The van der Waals surface area contributed by atoms with Crippen LogP contribution in [0.5, 0.6) is 5.75 Å². The largest absolute Gasteiger partial charge is 0.497 e. The van der Waals surface area contributed by atoms with E-state index in [4.69, 9.17) is 9.47 Å². The number of carbonyl (C=O) groups is 1. The molecule has 2 aromatic carbocycles. The van der Waals surface area contributed by atoms with E-state index >= 15 is 4.39 Å². The zero-order valence-corrected chi connectivity index (χ0v) is 21.8. The summed E-state index contributed by atoms with van der Waals surface area (Å²) in [5.41, 5.74) is 2.46. The van der Waals surface area contributed by atoms with Gasteiger partial charge in [-0.25, -0.2) is 4.39 Å². The van der Waals surface area contributed by atoms with Crippen molar-refractivity contribution in [1.82, 2.24) is 4.90 Å². The van der Waals surface area contributed by atoms with Crippen LogP contribution in [0.3, 0.4) is 0 Å². The van der Waals surface area contributed by atoms with Crippen molar-refractivity contribution in [2.75, 3.05) is 62.8 Å². The predicted molar refractivity (Wildman–Crippen MR) is 144 cm³/mol. The molecule has 6 rings (SSSR count). The Labute approximate surface area is 221 Å². The Morgan fingerprint density at radius 3 is 2.62 bits per heavy atom. The minimum absolute atomic E-state index is 0.0493. The van der Waals surface area contributed by atoms with Crippen LogP contribution in [-0.4, -0.2) is 63.9 Å². The molecule has 1 aromatic heterocycles. The van der Waals surface area contributed by atoms with Crippen molar-refractivity contribution in [2.24, 2.45) is 17.8 Å². The quantitative estimate of drug-likeness (QED) is 0.428. The molecule has 2 atom stereocenters. The van der Waals surface area contributed by atoms with Crippen LogP contribution in [0.2, 0.25) is 0 Å². The first-order valence-corrected chi connectivity index (χ1v) is 13.8. The molecule has 37 heavy (non-hydrogen) atoms. The molecule has 3 aromatic rings. The highest BCUT2D eigenvalue weighted by Gasteiger charge is 2.56. The Kier molecular flexibility index (Phi) is 6.88. The van der Waals surface area contributed by atoms with Crippen LogP contribution in [-0.2, 0) is 11.3 Å². The fourth-order valence-electron chi connectivity index (χ4n) is 5.94. The number of hydrogen-bond acceptors (Lipinski definition) is 6. The van der Waals surface area contributed by atoms with Crippen molar-refractivity contribution >= 4 is 28.6 Å². The second-order valence-corrected chi connectivity index (χ2v) is 11.1. The summed E-state index contributed by atoms with van der Waals surface area (Å²) in [6.07, 6.45) is 0. The van der Waals surface area contributed by atoms with Crippen molar-refractivity contribution < 1.29 is 18.7 Å². The number of benzene rings is 2. The summed E-state index contributed by atoms with van der Waals surface area (Å²) in [5.74, 6) is 2.13. The molecule has 3 fully saturated rings. The molecular formula is C29H32FN3O3S. The van der Waals surface area contributed by atoms with Crippen LogP contribution >= 0.6 is 11.3 Å². The molecule has 1 aliphatic carbocycles. The first kappa shape index (κ1) is 24.4. The maximum atomic E-state index is 15.3. The molecule has 8 heteroatoms. The molecular weight excluding hydrogens is 489 g/mol. The van der Waals surface area contributed by atoms with Gasteiger partial charge in [-0.15, -0.1) is 11.3 Å². The summed E-state index contributed by atoms with van der Waals surface area (Å²) in [4.78, 5) is 20.5. The zero-order chi connectivity index (χ0) is 25.4. The molecule has 1 amide bonds. The molecule has 0 N–H and O–H groups in total. The van der Waals surface area contributed by atoms with Gasteiger partial charge in [-0.1, -0.05) is 18.2 Å². The molecule has 2 aliphatic heterocycles. The number of halogens is 1. The summed E-state index contributed by atoms with van der Waals surface area (Å²) < 4.78 is 26.0. The second kappa shape index (κ2) is 10.4. The van der Waals surface area contributed by atoms with Gasteiger partial charge in [-0.3, -0.25) is 9.69 Å². The molecule has 194 valence electrons. The Hall–Kier alpha value is -2.94. The van der Waals surface area contributed by atoms with E-state index in [2.05, 4.69) is 17.0 Å². The number of ether oxygens (including phenoxy) is 2. The van der Waals surface area contributed by atoms with Gasteiger partial charge < -0.3 is 19.3 Å². The number of amides is 1. The van der Waals surface area contributed by atoms with E-state index in [-0.39, 0.29) is 11.7 Å². The van der Waals surface area contributed by atoms with E-state index in [9.17, 15) is 4.79 Å². The molecule has 3 heterocycles. The molecule has 3 aliphatic rings. The van der Waals surface area contributed by atoms with E-state index in [1.165, 1.54) is 23.0 Å². The summed E-state index contributed by atoms with van der Waals surface area (Å²) in [5, 5.41) is 1.91. The zero-order valence-electron chi connectivity index (χ0n) is 21.0. The Balaban J connectivity index is 1.15. The van der Waals surface area contributed by atoms with Gasteiger partial charge in [-0.05, 0) is 65.1 Å². The third-order valence-corrected chi connectivity index (χ3v) is 8.81. The van der Waals surface area contributed by atoms with Gasteiger partial charge in [0.25, 0.3) is 5.91 Å². The molecule has 0 radical (unpaired) electrons. The van der Waals surface area contributed by atoms with Gasteiger partial charge >= 0.3 is 0 Å². The SMILES string of the molecule is COc1cccc(CN2CC3C(C2)C3CN(C(=O)c2cccs2)c2ccc(N3CCOCC3)c(F)c2)c1. The molecule has 2 saturated heterocycles. The topological polar surface area (TPSA) is 45.2 Å². The number of methoxy groups -OCH3 is 1. The number of fused-ring (bicyclic) bond motifs is 1. The van der Waals surface area contributed by atoms with Crippen molar-refractivity contribution in [2.45, 2.75) is 6.54 Å². The smallest absolute Gasteiger partial charge is 0.268 e. The van der Waals surface area contributed by atoms with Crippen molar-refractivity contribution in [3.63, 3.8) is 0 Å². The summed E-state index contributed by atoms with van der Waals surface area (Å²) in [7, 11) is 1.69. The first-order valence-electron chi connectivity index (χ1n) is 12.9. The van der Waals surface area contributed by atoms with Gasteiger partial charge in [0.05, 0.1) is 30.9 Å². The van der Waals surface area contributed by atoms with E-state index in [0.29, 0.717) is 66.9 Å². The highest BCUT2D eigenvalue weighted by molar-refractivity contribution is 7.12. The molecule has 0 bridgehead atoms. The molecule has 6 nitrogen and oxygen atoms in total. The summed E-state index contributed by atoms with van der Waals surface area (Å²) >= 11 is 1.43. The number of piperidine rings is 1. The number of morpholine rings is 1. The molecule has 1 saturated carbocycles. The van der Waals surface area contributed by atoms with Gasteiger partial charge in [0.1, 0.15) is 11.6 Å². The highest BCUT2D eigenvalue weighted by Crippen LogP contribution is 2.52. The Morgan fingerprint density at radius 1 is 1.11 bits per heavy atom. The predicted octanol–water partition coefficient (Wildman–Crippen LogP) is 4.76. The van der Waals surface area contributed by atoms with Crippen LogP contribution < -0.4 is 14.5 Å². The number of rotatable bonds is 8. The molecule has 0 spiro atoms. The average molecular weight is 522 g/mol. The minimum Gasteiger partial charge on any atom is -0.497 e. The van der Waals surface area contributed by atoms with E-state index < -0.39 is 0 Å². The lowest BCUT2D eigenvalue weighted by Crippen LogP contribution is -2.37. The fourth-order valence-corrected chi connectivity index (χ4v) is 6.61. The van der Waals surface area contributed by atoms with Crippen molar-refractivity contribution in [3.8, 4) is 5.75 Å². The number of thiophene rings is 1. The number of hydrogen-bond donors (Lipinski definition) is 0. The van der Waals surface area contributed by atoms with Gasteiger partial charge in [-0.2, -0.15) is 0 Å². The average Bonchev–Trinajstić information content (AvgIpc) is 3.30. The number of anilines is 2. The second-order valence-electron chi connectivity index (χ2n) is 10.2. The van der Waals surface area contributed by atoms with E-state index in [1.807, 2.05) is 46.7 Å². The van der Waals surface area contributed by atoms with Crippen molar-refractivity contribution in [3.05, 3.63) is 76.2 Å². The summed E-state index contributed by atoms with van der Waals surface area (Å²) in [6.45, 7) is 6.12. The van der Waals surface area contributed by atoms with Gasteiger partial charge in [0.15, 0.2) is 0 Å². The van der Waals surface area contributed by atoms with Crippen LogP contribution in [0, 0.1) is 23.6 Å². The lowest BCUT2D eigenvalue weighted by molar-refractivity contribution is 0.0988. The normalized spacial score (nSPS) is 23.1. The van der Waals surface area contributed by atoms with Crippen LogP contribution in [0.4, 0.5) is 15.8 Å². The monoisotopic (exact) mass is 521 g/mol. The van der Waals surface area contributed by atoms with Crippen LogP contribution in [0.15, 0.2) is 60.0 Å². The fraction of sp³-hybridized carbons (Fsp3) is 0.414. The maximum absolute atomic E-state index is 15.3. The maximum Gasteiger partial charge on any atom is 0.268 e. The van der Waals surface area contributed by atoms with E-state index in [0.717, 1.165) is 25.4 Å². The molecule has 2 unspecified atom stereocenters. The standard InChI is InChI=1S/C29H32FN3O3S/c1-35-22-5-2-4-20(14-22)16-31-17-23-24(18-31)25(23)19-33(29(34)28-6-3-13-37-28)21-7-8-27(26(30)15-21)32-9-11-36-12-10-32/h2-8,13-15,23-25H,9-12,16-19H2,1H3. The third-order valence-electron chi connectivity index (χ3n) is 7.95. The third kappa shape index (κ3) is 5.10. The Morgan fingerprint density at radius 2 is 1.92 bits per heavy atom. The lowest BCUT2D eigenvalue weighted by atomic mass is 10.1. The Bertz CT molecular complexity index is 1230. The lowest BCUT2D eigenvalue weighted by Gasteiger charge is -2.30. The first-order chi connectivity index (χ1) is 18.1. The van der Waals surface area contributed by atoms with Crippen LogP contribution in [0.1, 0.15) is 15.2 Å². The minimum atomic E-state index is -0.288. The van der Waals surface area contributed by atoms with E-state index in [1.54, 1.807) is 12.0 Å². The number of nitrogens with zero attached hydrogens (tertiary/aromatic N) is 3. The number of likely N-dealkylation sites (tertiary alicyclic amines) is 1.